The second-order valence-corrected chi connectivity index (χ2v) is 6.78. The molecule has 0 spiro atoms. The molecular weight excluding hydrogens is 317 g/mol. The Labute approximate surface area is 140 Å². The summed E-state index contributed by atoms with van der Waals surface area (Å²) in [5, 5.41) is 10.6. The summed E-state index contributed by atoms with van der Waals surface area (Å²) in [5.74, 6) is -0.584. The Bertz CT molecular complexity index is 622. The van der Waals surface area contributed by atoms with Crippen molar-refractivity contribution in [3.63, 3.8) is 0 Å². The van der Waals surface area contributed by atoms with Crippen molar-refractivity contribution in [1.82, 2.24) is 9.80 Å². The van der Waals surface area contributed by atoms with Crippen molar-refractivity contribution in [2.75, 3.05) is 26.2 Å². The zero-order valence-corrected chi connectivity index (χ0v) is 14.1. The van der Waals surface area contributed by atoms with Crippen LogP contribution in [0.2, 0.25) is 0 Å². The van der Waals surface area contributed by atoms with Crippen LogP contribution in [0, 0.1) is 15.9 Å². The molecule has 0 bridgehead atoms. The fraction of sp³-hybridized carbons (Fsp3) is 0.562. The zero-order valence-electron chi connectivity index (χ0n) is 14.1. The Kier molecular flexibility index (Phi) is 5.38. The van der Waals surface area contributed by atoms with Crippen molar-refractivity contribution in [1.29, 1.82) is 0 Å². The Morgan fingerprint density at radius 1 is 1.29 bits per heavy atom. The molecule has 0 aromatic heterocycles. The number of nitrogens with zero attached hydrogens (tertiary/aromatic N) is 3. The average Bonchev–Trinajstić information content (AvgIpc) is 2.48. The fourth-order valence-corrected chi connectivity index (χ4v) is 2.43. The number of hydrogen-bond acceptors (Lipinski definition) is 5. The number of carbonyl (C=O) groups excluding carboxylic acids is 1. The lowest BCUT2D eigenvalue weighted by molar-refractivity contribution is -0.385. The van der Waals surface area contributed by atoms with Crippen LogP contribution < -0.4 is 0 Å². The van der Waals surface area contributed by atoms with E-state index < -0.39 is 16.3 Å². The maximum absolute atomic E-state index is 13.9. The minimum atomic E-state index is -0.619. The maximum atomic E-state index is 13.9. The van der Waals surface area contributed by atoms with Gasteiger partial charge in [0.05, 0.1) is 11.0 Å². The van der Waals surface area contributed by atoms with Crippen molar-refractivity contribution in [3.05, 3.63) is 39.7 Å². The number of hydrogen-bond donors (Lipinski definition) is 0. The zero-order chi connectivity index (χ0) is 17.9. The van der Waals surface area contributed by atoms with Crippen molar-refractivity contribution in [2.24, 2.45) is 0 Å². The first kappa shape index (κ1) is 18.1. The number of ether oxygens (including phenoxy) is 1. The monoisotopic (exact) mass is 339 g/mol. The van der Waals surface area contributed by atoms with E-state index in [0.717, 1.165) is 6.07 Å². The third-order valence-electron chi connectivity index (χ3n) is 3.67. The van der Waals surface area contributed by atoms with Gasteiger partial charge in [0, 0.05) is 44.4 Å². The van der Waals surface area contributed by atoms with Crippen LogP contribution in [0.1, 0.15) is 26.3 Å². The van der Waals surface area contributed by atoms with Gasteiger partial charge in [-0.25, -0.2) is 9.18 Å². The molecule has 132 valence electrons. The van der Waals surface area contributed by atoms with Crippen LogP contribution in [0.5, 0.6) is 0 Å². The highest BCUT2D eigenvalue weighted by Gasteiger charge is 2.26. The van der Waals surface area contributed by atoms with Crippen molar-refractivity contribution < 1.29 is 18.8 Å². The molecule has 1 amide bonds. The second kappa shape index (κ2) is 7.12. The molecule has 1 aromatic rings. The highest BCUT2D eigenvalue weighted by molar-refractivity contribution is 5.68. The molecule has 0 radical (unpaired) electrons. The highest BCUT2D eigenvalue weighted by Crippen LogP contribution is 2.19. The molecule has 7 nitrogen and oxygen atoms in total. The molecule has 1 aliphatic rings. The first-order valence-corrected chi connectivity index (χ1v) is 7.79. The summed E-state index contributed by atoms with van der Waals surface area (Å²) in [5.41, 5.74) is -0.381. The van der Waals surface area contributed by atoms with Crippen molar-refractivity contribution in [2.45, 2.75) is 32.9 Å². The van der Waals surface area contributed by atoms with Gasteiger partial charge in [0.1, 0.15) is 11.4 Å². The molecule has 0 aliphatic carbocycles. The number of halogens is 1. The SMILES string of the molecule is CC(C)(C)OC(=O)N1CCN(Cc2ccc([N+](=O)[O-])cc2F)CC1. The second-order valence-electron chi connectivity index (χ2n) is 6.78. The molecule has 1 heterocycles. The van der Waals surface area contributed by atoms with E-state index in [4.69, 9.17) is 4.74 Å². The summed E-state index contributed by atoms with van der Waals surface area (Å²) >= 11 is 0. The molecule has 24 heavy (non-hydrogen) atoms. The van der Waals surface area contributed by atoms with E-state index in [0.29, 0.717) is 38.3 Å². The summed E-state index contributed by atoms with van der Waals surface area (Å²) < 4.78 is 19.3. The van der Waals surface area contributed by atoms with Crippen LogP contribution in [0.3, 0.4) is 0 Å². The van der Waals surface area contributed by atoms with Gasteiger partial charge < -0.3 is 9.64 Å². The molecule has 0 saturated carbocycles. The standard InChI is InChI=1S/C16H22FN3O4/c1-16(2,3)24-15(21)19-8-6-18(7-9-19)11-12-4-5-13(20(22)23)10-14(12)17/h4-5,10H,6-9,11H2,1-3H3. The van der Waals surface area contributed by atoms with Crippen LogP contribution in [-0.2, 0) is 11.3 Å². The molecular formula is C16H22FN3O4. The minimum absolute atomic E-state index is 0.258. The van der Waals surface area contributed by atoms with Gasteiger partial charge in [-0.1, -0.05) is 0 Å². The lowest BCUT2D eigenvalue weighted by Gasteiger charge is -2.35. The van der Waals surface area contributed by atoms with Gasteiger partial charge in [-0.3, -0.25) is 15.0 Å². The van der Waals surface area contributed by atoms with E-state index in [1.807, 2.05) is 25.7 Å². The molecule has 0 N–H and O–H groups in total. The van der Waals surface area contributed by atoms with Crippen LogP contribution in [0.15, 0.2) is 18.2 Å². The lowest BCUT2D eigenvalue weighted by Crippen LogP contribution is -2.49. The number of rotatable bonds is 3. The summed E-state index contributed by atoms with van der Waals surface area (Å²) in [6.07, 6.45) is -0.344. The topological polar surface area (TPSA) is 75.9 Å². The van der Waals surface area contributed by atoms with Gasteiger partial charge in [0.25, 0.3) is 5.69 Å². The summed E-state index contributed by atoms with van der Waals surface area (Å²) in [6, 6.07) is 3.68. The van der Waals surface area contributed by atoms with Gasteiger partial charge in [0.2, 0.25) is 0 Å². The van der Waals surface area contributed by atoms with E-state index in [9.17, 15) is 19.3 Å². The summed E-state index contributed by atoms with van der Waals surface area (Å²) in [6.45, 7) is 8.00. The fourth-order valence-electron chi connectivity index (χ4n) is 2.43. The molecule has 1 fully saturated rings. The predicted molar refractivity (Wildman–Crippen MR) is 86.1 cm³/mol. The van der Waals surface area contributed by atoms with E-state index in [1.165, 1.54) is 12.1 Å². The van der Waals surface area contributed by atoms with E-state index >= 15 is 0 Å². The van der Waals surface area contributed by atoms with Gasteiger partial charge in [0.15, 0.2) is 0 Å². The minimum Gasteiger partial charge on any atom is -0.444 e. The molecule has 2 rings (SSSR count). The maximum Gasteiger partial charge on any atom is 0.410 e. The molecule has 1 aromatic carbocycles. The Morgan fingerprint density at radius 3 is 2.42 bits per heavy atom. The van der Waals surface area contributed by atoms with Gasteiger partial charge in [-0.05, 0) is 26.8 Å². The van der Waals surface area contributed by atoms with Crippen LogP contribution in [-0.4, -0.2) is 52.6 Å². The number of nitro groups is 1. The van der Waals surface area contributed by atoms with Gasteiger partial charge in [-0.2, -0.15) is 0 Å². The third-order valence-corrected chi connectivity index (χ3v) is 3.67. The van der Waals surface area contributed by atoms with Crippen molar-refractivity contribution >= 4 is 11.8 Å². The van der Waals surface area contributed by atoms with E-state index in [1.54, 1.807) is 4.90 Å². The number of carbonyl (C=O) groups is 1. The Hall–Kier alpha value is -2.22. The van der Waals surface area contributed by atoms with Crippen LogP contribution in [0.4, 0.5) is 14.9 Å². The van der Waals surface area contributed by atoms with Crippen LogP contribution in [0.25, 0.3) is 0 Å². The number of nitro benzene ring substituents is 1. The Morgan fingerprint density at radius 2 is 1.92 bits per heavy atom. The lowest BCUT2D eigenvalue weighted by atomic mass is 10.1. The molecule has 0 unspecified atom stereocenters. The smallest absolute Gasteiger partial charge is 0.410 e. The number of piperazine rings is 1. The molecule has 8 heteroatoms. The molecule has 1 saturated heterocycles. The van der Waals surface area contributed by atoms with Crippen molar-refractivity contribution in [3.8, 4) is 0 Å². The van der Waals surface area contributed by atoms with Crippen LogP contribution >= 0.6 is 0 Å². The van der Waals surface area contributed by atoms with E-state index in [-0.39, 0.29) is 11.8 Å². The summed E-state index contributed by atoms with van der Waals surface area (Å²) in [7, 11) is 0. The summed E-state index contributed by atoms with van der Waals surface area (Å²) in [4.78, 5) is 25.6. The molecule has 0 atom stereocenters. The quantitative estimate of drug-likeness (QED) is 0.625. The number of non-ortho nitro benzene ring substituents is 1. The first-order chi connectivity index (χ1) is 11.2. The number of benzene rings is 1. The normalized spacial score (nSPS) is 16.1. The van der Waals surface area contributed by atoms with E-state index in [2.05, 4.69) is 0 Å². The highest BCUT2D eigenvalue weighted by atomic mass is 19.1. The number of amides is 1. The average molecular weight is 339 g/mol. The van der Waals surface area contributed by atoms with Gasteiger partial charge in [-0.15, -0.1) is 0 Å². The first-order valence-electron chi connectivity index (χ1n) is 7.79. The molecule has 1 aliphatic heterocycles. The Balaban J connectivity index is 1.89. The largest absolute Gasteiger partial charge is 0.444 e. The third kappa shape index (κ3) is 4.89. The van der Waals surface area contributed by atoms with Gasteiger partial charge >= 0.3 is 6.09 Å². The predicted octanol–water partition coefficient (Wildman–Crippen LogP) is 2.79.